The van der Waals surface area contributed by atoms with Crippen molar-refractivity contribution in [2.75, 3.05) is 12.4 Å². The lowest BCUT2D eigenvalue weighted by molar-refractivity contribution is 0.279. The van der Waals surface area contributed by atoms with Crippen molar-refractivity contribution in [1.29, 1.82) is 0 Å². The lowest BCUT2D eigenvalue weighted by atomic mass is 10.2. The van der Waals surface area contributed by atoms with Crippen LogP contribution in [0.25, 0.3) is 0 Å². The molecule has 1 N–H and O–H groups in total. The average molecular weight is 451 g/mol. The summed E-state index contributed by atoms with van der Waals surface area (Å²) in [4.78, 5) is 0. The van der Waals surface area contributed by atoms with Gasteiger partial charge in [-0.15, -0.1) is 0 Å². The molecule has 0 saturated carbocycles. The quantitative estimate of drug-likeness (QED) is 0.449. The van der Waals surface area contributed by atoms with Gasteiger partial charge in [0.1, 0.15) is 12.4 Å². The van der Waals surface area contributed by atoms with E-state index in [0.29, 0.717) is 28.6 Å². The third kappa shape index (κ3) is 5.15. The van der Waals surface area contributed by atoms with Crippen molar-refractivity contribution in [2.45, 2.75) is 13.2 Å². The Kier molecular flexibility index (Phi) is 6.58. The SMILES string of the molecule is COc1cc(CNc2ccc(Br)c(Cl)c2)ccc1OCc1ccccc1F. The topological polar surface area (TPSA) is 30.5 Å². The molecule has 0 radical (unpaired) electrons. The van der Waals surface area contributed by atoms with Crippen LogP contribution in [0.2, 0.25) is 5.02 Å². The molecule has 0 aromatic heterocycles. The minimum absolute atomic E-state index is 0.137. The lowest BCUT2D eigenvalue weighted by Gasteiger charge is -2.13. The number of methoxy groups -OCH3 is 1. The minimum atomic E-state index is -0.287. The largest absolute Gasteiger partial charge is 0.493 e. The zero-order chi connectivity index (χ0) is 19.2. The van der Waals surface area contributed by atoms with Crippen molar-refractivity contribution in [2.24, 2.45) is 0 Å². The zero-order valence-electron chi connectivity index (χ0n) is 14.6. The predicted molar refractivity (Wildman–Crippen MR) is 110 cm³/mol. The molecular weight excluding hydrogens is 433 g/mol. The number of benzene rings is 3. The van der Waals surface area contributed by atoms with Gasteiger partial charge in [-0.1, -0.05) is 35.9 Å². The molecule has 0 saturated heterocycles. The van der Waals surface area contributed by atoms with Gasteiger partial charge in [-0.2, -0.15) is 0 Å². The van der Waals surface area contributed by atoms with Crippen LogP contribution >= 0.6 is 27.5 Å². The minimum Gasteiger partial charge on any atom is -0.493 e. The van der Waals surface area contributed by atoms with Gasteiger partial charge in [0.25, 0.3) is 0 Å². The highest BCUT2D eigenvalue weighted by molar-refractivity contribution is 9.10. The van der Waals surface area contributed by atoms with Gasteiger partial charge >= 0.3 is 0 Å². The van der Waals surface area contributed by atoms with Gasteiger partial charge in [0.05, 0.1) is 12.1 Å². The van der Waals surface area contributed by atoms with E-state index in [1.807, 2.05) is 36.4 Å². The van der Waals surface area contributed by atoms with Crippen LogP contribution in [0.1, 0.15) is 11.1 Å². The monoisotopic (exact) mass is 449 g/mol. The van der Waals surface area contributed by atoms with Crippen molar-refractivity contribution >= 4 is 33.2 Å². The molecule has 0 aliphatic rings. The van der Waals surface area contributed by atoms with E-state index in [2.05, 4.69) is 21.2 Å². The van der Waals surface area contributed by atoms with Crippen LogP contribution in [0.4, 0.5) is 10.1 Å². The molecule has 0 unspecified atom stereocenters. The Balaban J connectivity index is 1.66. The first-order valence-electron chi connectivity index (χ1n) is 8.29. The number of halogens is 3. The number of hydrogen-bond acceptors (Lipinski definition) is 3. The molecule has 0 fully saturated rings. The summed E-state index contributed by atoms with van der Waals surface area (Å²) >= 11 is 9.48. The standard InChI is InChI=1S/C21H18BrClFNO2/c1-26-21-10-14(12-25-16-7-8-17(22)18(23)11-16)6-9-20(21)27-13-15-4-2-3-5-19(15)24/h2-11,25H,12-13H2,1H3. The first kappa shape index (κ1) is 19.5. The summed E-state index contributed by atoms with van der Waals surface area (Å²) in [5.41, 5.74) is 2.43. The fourth-order valence-corrected chi connectivity index (χ4v) is 2.95. The van der Waals surface area contributed by atoms with E-state index in [4.69, 9.17) is 21.1 Å². The van der Waals surface area contributed by atoms with Crippen molar-refractivity contribution in [3.05, 3.63) is 87.1 Å². The van der Waals surface area contributed by atoms with E-state index in [0.717, 1.165) is 15.7 Å². The molecule has 3 aromatic rings. The summed E-state index contributed by atoms with van der Waals surface area (Å²) in [5.74, 6) is 0.876. The number of anilines is 1. The molecule has 0 atom stereocenters. The van der Waals surface area contributed by atoms with Crippen molar-refractivity contribution in [3.8, 4) is 11.5 Å². The van der Waals surface area contributed by atoms with E-state index < -0.39 is 0 Å². The number of nitrogens with one attached hydrogen (secondary N) is 1. The van der Waals surface area contributed by atoms with Gasteiger partial charge in [-0.25, -0.2) is 4.39 Å². The lowest BCUT2D eigenvalue weighted by Crippen LogP contribution is -2.02. The maximum Gasteiger partial charge on any atom is 0.161 e. The summed E-state index contributed by atoms with van der Waals surface area (Å²) < 4.78 is 25.7. The molecule has 3 rings (SSSR count). The van der Waals surface area contributed by atoms with Crippen molar-refractivity contribution < 1.29 is 13.9 Å². The number of hydrogen-bond donors (Lipinski definition) is 1. The Labute approximate surface area is 171 Å². The van der Waals surface area contributed by atoms with Crippen LogP contribution in [-0.2, 0) is 13.2 Å². The predicted octanol–water partition coefficient (Wildman–Crippen LogP) is 6.44. The van der Waals surface area contributed by atoms with Gasteiger partial charge in [-0.05, 0) is 57.9 Å². The molecule has 6 heteroatoms. The molecule has 3 nitrogen and oxygen atoms in total. The van der Waals surface area contributed by atoms with Crippen LogP contribution < -0.4 is 14.8 Å². The second kappa shape index (κ2) is 9.11. The summed E-state index contributed by atoms with van der Waals surface area (Å²) in [6, 6.07) is 17.9. The zero-order valence-corrected chi connectivity index (χ0v) is 17.0. The van der Waals surface area contributed by atoms with E-state index in [-0.39, 0.29) is 12.4 Å². The van der Waals surface area contributed by atoms with Crippen molar-refractivity contribution in [3.63, 3.8) is 0 Å². The van der Waals surface area contributed by atoms with Gasteiger partial charge in [0, 0.05) is 22.3 Å². The van der Waals surface area contributed by atoms with Crippen LogP contribution in [0, 0.1) is 5.82 Å². The second-order valence-corrected chi connectivity index (χ2v) is 7.11. The van der Waals surface area contributed by atoms with Crippen LogP contribution in [0.5, 0.6) is 11.5 Å². The third-order valence-electron chi connectivity index (χ3n) is 3.99. The van der Waals surface area contributed by atoms with Crippen LogP contribution in [0.3, 0.4) is 0 Å². The molecule has 140 valence electrons. The highest BCUT2D eigenvalue weighted by Crippen LogP contribution is 2.30. The molecule has 0 bridgehead atoms. The molecule has 0 amide bonds. The van der Waals surface area contributed by atoms with Crippen LogP contribution in [-0.4, -0.2) is 7.11 Å². The molecule has 0 heterocycles. The van der Waals surface area contributed by atoms with Gasteiger partial charge in [0.2, 0.25) is 0 Å². The Hall–Kier alpha value is -2.24. The van der Waals surface area contributed by atoms with Crippen molar-refractivity contribution in [1.82, 2.24) is 0 Å². The first-order chi connectivity index (χ1) is 13.1. The van der Waals surface area contributed by atoms with E-state index in [1.54, 1.807) is 25.3 Å². The van der Waals surface area contributed by atoms with E-state index >= 15 is 0 Å². The average Bonchev–Trinajstić information content (AvgIpc) is 2.68. The Morgan fingerprint density at radius 3 is 2.59 bits per heavy atom. The van der Waals surface area contributed by atoms with E-state index in [1.165, 1.54) is 6.07 Å². The highest BCUT2D eigenvalue weighted by Gasteiger charge is 2.08. The highest BCUT2D eigenvalue weighted by atomic mass is 79.9. The Morgan fingerprint density at radius 1 is 1.04 bits per heavy atom. The molecule has 0 spiro atoms. The molecule has 0 aliphatic heterocycles. The maximum atomic E-state index is 13.7. The van der Waals surface area contributed by atoms with Gasteiger partial charge in [-0.3, -0.25) is 0 Å². The van der Waals surface area contributed by atoms with Crippen LogP contribution in [0.15, 0.2) is 65.1 Å². The molecule has 3 aromatic carbocycles. The number of ether oxygens (including phenoxy) is 2. The maximum absolute atomic E-state index is 13.7. The summed E-state index contributed by atoms with van der Waals surface area (Å²) in [7, 11) is 1.58. The Bertz CT molecular complexity index is 936. The smallest absolute Gasteiger partial charge is 0.161 e. The normalized spacial score (nSPS) is 10.5. The van der Waals surface area contributed by atoms with Gasteiger partial charge < -0.3 is 14.8 Å². The molecular formula is C21H18BrClFNO2. The first-order valence-corrected chi connectivity index (χ1v) is 9.46. The number of rotatable bonds is 7. The summed E-state index contributed by atoms with van der Waals surface area (Å²) in [6.45, 7) is 0.736. The molecule has 27 heavy (non-hydrogen) atoms. The molecule has 0 aliphatic carbocycles. The third-order valence-corrected chi connectivity index (χ3v) is 5.22. The van der Waals surface area contributed by atoms with E-state index in [9.17, 15) is 4.39 Å². The fourth-order valence-electron chi connectivity index (χ4n) is 2.52. The van der Waals surface area contributed by atoms with Gasteiger partial charge in [0.15, 0.2) is 11.5 Å². The summed E-state index contributed by atoms with van der Waals surface area (Å²) in [6.07, 6.45) is 0. The Morgan fingerprint density at radius 2 is 1.85 bits per heavy atom. The second-order valence-electron chi connectivity index (χ2n) is 5.85. The summed E-state index contributed by atoms with van der Waals surface area (Å²) in [5, 5.41) is 3.96. The fraction of sp³-hybridized carbons (Fsp3) is 0.143.